The van der Waals surface area contributed by atoms with Crippen molar-refractivity contribution in [3.8, 4) is 0 Å². The fraction of sp³-hybridized carbons (Fsp3) is 0.562. The van der Waals surface area contributed by atoms with E-state index in [-0.39, 0.29) is 24.3 Å². The maximum absolute atomic E-state index is 13.2. The van der Waals surface area contributed by atoms with Gasteiger partial charge in [-0.05, 0) is 57.7 Å². The maximum Gasteiger partial charge on any atom is 0.416 e. The van der Waals surface area contributed by atoms with E-state index in [1.165, 1.54) is 12.1 Å². The number of carbonyl (C=O) groups is 1. The first-order valence-corrected chi connectivity index (χ1v) is 7.34. The summed E-state index contributed by atoms with van der Waals surface area (Å²) in [7, 11) is 0. The van der Waals surface area contributed by atoms with Crippen molar-refractivity contribution < 1.29 is 27.8 Å². The van der Waals surface area contributed by atoms with E-state index in [2.05, 4.69) is 5.32 Å². The van der Waals surface area contributed by atoms with Gasteiger partial charge in [0, 0.05) is 12.3 Å². The molecular formula is C16H22F3NO3. The Balaban J connectivity index is 2.93. The van der Waals surface area contributed by atoms with E-state index in [4.69, 9.17) is 9.84 Å². The van der Waals surface area contributed by atoms with E-state index in [9.17, 15) is 18.0 Å². The molecule has 0 heterocycles. The zero-order chi connectivity index (χ0) is 17.7. The SMILES string of the molecule is CC(C)(C)OC(=O)Nc1ccc(CCCCO)c(C(F)(F)F)c1. The Morgan fingerprint density at radius 3 is 2.39 bits per heavy atom. The lowest BCUT2D eigenvalue weighted by atomic mass is 10.0. The molecule has 23 heavy (non-hydrogen) atoms. The number of alkyl halides is 3. The van der Waals surface area contributed by atoms with Crippen molar-refractivity contribution >= 4 is 11.8 Å². The largest absolute Gasteiger partial charge is 0.444 e. The van der Waals surface area contributed by atoms with Crippen LogP contribution in [0.1, 0.15) is 44.7 Å². The topological polar surface area (TPSA) is 58.6 Å². The second kappa shape index (κ2) is 7.68. The Kier molecular flexibility index (Phi) is 6.44. The molecule has 0 aromatic heterocycles. The van der Waals surface area contributed by atoms with Crippen LogP contribution in [0.2, 0.25) is 0 Å². The number of benzene rings is 1. The summed E-state index contributed by atoms with van der Waals surface area (Å²) in [4.78, 5) is 11.6. The average molecular weight is 333 g/mol. The highest BCUT2D eigenvalue weighted by Crippen LogP contribution is 2.34. The minimum atomic E-state index is -4.51. The zero-order valence-corrected chi connectivity index (χ0v) is 13.5. The molecule has 1 aromatic carbocycles. The fourth-order valence-electron chi connectivity index (χ4n) is 1.98. The van der Waals surface area contributed by atoms with E-state index >= 15 is 0 Å². The van der Waals surface area contributed by atoms with Crippen molar-refractivity contribution in [3.05, 3.63) is 29.3 Å². The molecule has 0 aliphatic carbocycles. The van der Waals surface area contributed by atoms with E-state index in [0.717, 1.165) is 6.07 Å². The van der Waals surface area contributed by atoms with E-state index < -0.39 is 23.4 Å². The molecule has 1 rings (SSSR count). The van der Waals surface area contributed by atoms with Gasteiger partial charge in [-0.25, -0.2) is 4.79 Å². The maximum atomic E-state index is 13.2. The number of aliphatic hydroxyl groups is 1. The first-order chi connectivity index (χ1) is 10.5. The van der Waals surface area contributed by atoms with Crippen LogP contribution < -0.4 is 5.32 Å². The Bertz CT molecular complexity index is 536. The molecule has 0 saturated carbocycles. The van der Waals surface area contributed by atoms with Gasteiger partial charge >= 0.3 is 12.3 Å². The molecule has 0 aliphatic heterocycles. The van der Waals surface area contributed by atoms with Crippen molar-refractivity contribution in [1.82, 2.24) is 0 Å². The number of hydrogen-bond acceptors (Lipinski definition) is 3. The number of aliphatic hydroxyl groups excluding tert-OH is 1. The summed E-state index contributed by atoms with van der Waals surface area (Å²) in [5.74, 6) is 0. The summed E-state index contributed by atoms with van der Waals surface area (Å²) in [6.07, 6.45) is -4.21. The van der Waals surface area contributed by atoms with Gasteiger partial charge in [0.25, 0.3) is 0 Å². The number of carbonyl (C=O) groups excluding carboxylic acids is 1. The molecule has 4 nitrogen and oxygen atoms in total. The van der Waals surface area contributed by atoms with Gasteiger partial charge in [-0.2, -0.15) is 13.2 Å². The Morgan fingerprint density at radius 1 is 1.22 bits per heavy atom. The average Bonchev–Trinajstić information content (AvgIpc) is 2.37. The molecule has 0 atom stereocenters. The molecule has 2 N–H and O–H groups in total. The summed E-state index contributed by atoms with van der Waals surface area (Å²) in [6, 6.07) is 3.65. The highest BCUT2D eigenvalue weighted by molar-refractivity contribution is 5.85. The summed E-state index contributed by atoms with van der Waals surface area (Å²) < 4.78 is 44.5. The van der Waals surface area contributed by atoms with Gasteiger partial charge in [-0.3, -0.25) is 5.32 Å². The number of anilines is 1. The van der Waals surface area contributed by atoms with Crippen LogP contribution >= 0.6 is 0 Å². The second-order valence-corrected chi connectivity index (χ2v) is 6.18. The molecule has 1 aromatic rings. The van der Waals surface area contributed by atoms with Gasteiger partial charge < -0.3 is 9.84 Å². The summed E-state index contributed by atoms with van der Waals surface area (Å²) in [5.41, 5.74) is -1.36. The van der Waals surface area contributed by atoms with Crippen LogP contribution in [0, 0.1) is 0 Å². The molecule has 0 fully saturated rings. The van der Waals surface area contributed by atoms with Crippen LogP contribution in [0.15, 0.2) is 18.2 Å². The van der Waals surface area contributed by atoms with E-state index in [1.54, 1.807) is 20.8 Å². The number of amides is 1. The van der Waals surface area contributed by atoms with Crippen molar-refractivity contribution in [3.63, 3.8) is 0 Å². The predicted octanol–water partition coefficient (Wildman–Crippen LogP) is 4.37. The quantitative estimate of drug-likeness (QED) is 0.787. The molecule has 0 aliphatic rings. The third-order valence-corrected chi connectivity index (χ3v) is 2.91. The molecule has 130 valence electrons. The Labute approximate surface area is 133 Å². The minimum Gasteiger partial charge on any atom is -0.444 e. The number of rotatable bonds is 5. The fourth-order valence-corrected chi connectivity index (χ4v) is 1.98. The van der Waals surface area contributed by atoms with Crippen LogP contribution in [-0.4, -0.2) is 23.4 Å². The monoisotopic (exact) mass is 333 g/mol. The molecular weight excluding hydrogens is 311 g/mol. The number of nitrogens with one attached hydrogen (secondary N) is 1. The lowest BCUT2D eigenvalue weighted by molar-refractivity contribution is -0.138. The van der Waals surface area contributed by atoms with E-state index in [0.29, 0.717) is 12.8 Å². The van der Waals surface area contributed by atoms with Gasteiger partial charge in [-0.1, -0.05) is 6.07 Å². The molecule has 7 heteroatoms. The molecule has 1 amide bonds. The lowest BCUT2D eigenvalue weighted by Gasteiger charge is -2.20. The normalized spacial score (nSPS) is 12.1. The smallest absolute Gasteiger partial charge is 0.416 e. The number of hydrogen-bond donors (Lipinski definition) is 2. The molecule has 0 saturated heterocycles. The molecule has 0 radical (unpaired) electrons. The van der Waals surface area contributed by atoms with Gasteiger partial charge in [-0.15, -0.1) is 0 Å². The highest BCUT2D eigenvalue weighted by Gasteiger charge is 2.33. The van der Waals surface area contributed by atoms with Crippen LogP contribution in [0.3, 0.4) is 0 Å². The van der Waals surface area contributed by atoms with Gasteiger partial charge in [0.2, 0.25) is 0 Å². The van der Waals surface area contributed by atoms with Gasteiger partial charge in [0.05, 0.1) is 5.56 Å². The molecule has 0 spiro atoms. The van der Waals surface area contributed by atoms with Crippen LogP contribution in [-0.2, 0) is 17.3 Å². The van der Waals surface area contributed by atoms with E-state index in [1.807, 2.05) is 0 Å². The van der Waals surface area contributed by atoms with Crippen LogP contribution in [0.5, 0.6) is 0 Å². The number of unbranched alkanes of at least 4 members (excludes halogenated alkanes) is 1. The van der Waals surface area contributed by atoms with Crippen molar-refractivity contribution in [2.75, 3.05) is 11.9 Å². The third-order valence-electron chi connectivity index (χ3n) is 2.91. The van der Waals surface area contributed by atoms with Crippen molar-refractivity contribution in [2.24, 2.45) is 0 Å². The minimum absolute atomic E-state index is 0.0254. The zero-order valence-electron chi connectivity index (χ0n) is 13.5. The van der Waals surface area contributed by atoms with Crippen molar-refractivity contribution in [1.29, 1.82) is 0 Å². The number of ether oxygens (including phenoxy) is 1. The highest BCUT2D eigenvalue weighted by atomic mass is 19.4. The Morgan fingerprint density at radius 2 is 1.87 bits per heavy atom. The predicted molar refractivity (Wildman–Crippen MR) is 81.3 cm³/mol. The van der Waals surface area contributed by atoms with Crippen LogP contribution in [0.4, 0.5) is 23.7 Å². The van der Waals surface area contributed by atoms with Gasteiger partial charge in [0.15, 0.2) is 0 Å². The van der Waals surface area contributed by atoms with Gasteiger partial charge in [0.1, 0.15) is 5.60 Å². The summed E-state index contributed by atoms with van der Waals surface area (Å²) >= 11 is 0. The number of aryl methyl sites for hydroxylation is 1. The van der Waals surface area contributed by atoms with Crippen molar-refractivity contribution in [2.45, 2.75) is 51.8 Å². The standard InChI is InChI=1S/C16H22F3NO3/c1-15(2,3)23-14(22)20-12-8-7-11(6-4-5-9-21)13(10-12)16(17,18)19/h7-8,10,21H,4-6,9H2,1-3H3,(H,20,22). The molecule has 0 unspecified atom stereocenters. The summed E-state index contributed by atoms with van der Waals surface area (Å²) in [6.45, 7) is 4.94. The first-order valence-electron chi connectivity index (χ1n) is 7.34. The lowest BCUT2D eigenvalue weighted by Crippen LogP contribution is -2.27. The third kappa shape index (κ3) is 6.90. The second-order valence-electron chi connectivity index (χ2n) is 6.18. The summed E-state index contributed by atoms with van der Waals surface area (Å²) in [5, 5.41) is 11.0. The number of halogens is 3. The Hall–Kier alpha value is -1.76. The molecule has 0 bridgehead atoms. The first kappa shape index (κ1) is 19.3. The van der Waals surface area contributed by atoms with Crippen LogP contribution in [0.25, 0.3) is 0 Å².